The normalized spacial score (nSPS) is 16.9. The first-order valence-electron chi connectivity index (χ1n) is 8.73. The van der Waals surface area contributed by atoms with E-state index >= 15 is 0 Å². The van der Waals surface area contributed by atoms with Crippen molar-refractivity contribution in [1.29, 1.82) is 0 Å². The van der Waals surface area contributed by atoms with Crippen LogP contribution in [0.5, 0.6) is 0 Å². The Balaban J connectivity index is 2.18. The Labute approximate surface area is 156 Å². The van der Waals surface area contributed by atoms with Gasteiger partial charge >= 0.3 is 5.97 Å². The monoisotopic (exact) mass is 380 g/mol. The van der Waals surface area contributed by atoms with Crippen LogP contribution in [0.1, 0.15) is 49.9 Å². The lowest BCUT2D eigenvalue weighted by molar-refractivity contribution is -0.387. The van der Waals surface area contributed by atoms with Gasteiger partial charge in [0.1, 0.15) is 0 Å². The van der Waals surface area contributed by atoms with Crippen molar-refractivity contribution in [2.24, 2.45) is 5.92 Å². The summed E-state index contributed by atoms with van der Waals surface area (Å²) in [6, 6.07) is 4.19. The Hall–Kier alpha value is -2.09. The minimum atomic E-state index is -0.947. The van der Waals surface area contributed by atoms with Crippen molar-refractivity contribution < 1.29 is 19.6 Å². The molecule has 1 N–H and O–H groups in total. The van der Waals surface area contributed by atoms with E-state index in [1.165, 1.54) is 22.7 Å². The van der Waals surface area contributed by atoms with Gasteiger partial charge in [-0.15, -0.1) is 11.8 Å². The van der Waals surface area contributed by atoms with E-state index in [0.717, 1.165) is 18.6 Å². The lowest BCUT2D eigenvalue weighted by Crippen LogP contribution is -2.36. The predicted octanol–water partition coefficient (Wildman–Crippen LogP) is 3.81. The maximum Gasteiger partial charge on any atom is 0.305 e. The number of nitro groups is 1. The first-order chi connectivity index (χ1) is 12.3. The number of carboxylic acid groups (broad SMARTS) is 1. The molecule has 1 aliphatic rings. The molecule has 2 rings (SSSR count). The molecule has 1 amide bonds. The highest BCUT2D eigenvalue weighted by Gasteiger charge is 2.31. The van der Waals surface area contributed by atoms with Crippen LogP contribution < -0.4 is 0 Å². The molecule has 0 bridgehead atoms. The minimum absolute atomic E-state index is 0.0708. The Morgan fingerprint density at radius 1 is 1.42 bits per heavy atom. The zero-order valence-electron chi connectivity index (χ0n) is 15.0. The number of carbonyl (C=O) groups excluding carboxylic acids is 1. The van der Waals surface area contributed by atoms with E-state index in [-0.39, 0.29) is 29.6 Å². The molecule has 1 aromatic carbocycles. The quantitative estimate of drug-likeness (QED) is 0.418. The molecular weight excluding hydrogens is 356 g/mol. The number of thioether (sulfide) groups is 1. The summed E-state index contributed by atoms with van der Waals surface area (Å²) in [6.07, 6.45) is 2.24. The van der Waals surface area contributed by atoms with Crippen molar-refractivity contribution in [3.63, 3.8) is 0 Å². The van der Waals surface area contributed by atoms with Gasteiger partial charge in [-0.05, 0) is 43.1 Å². The Morgan fingerprint density at radius 3 is 2.77 bits per heavy atom. The summed E-state index contributed by atoms with van der Waals surface area (Å²) in [5.74, 6) is 0.00964. The van der Waals surface area contributed by atoms with E-state index in [1.54, 1.807) is 12.1 Å². The van der Waals surface area contributed by atoms with Gasteiger partial charge in [-0.1, -0.05) is 13.8 Å². The minimum Gasteiger partial charge on any atom is -0.481 e. The van der Waals surface area contributed by atoms with Crippen LogP contribution >= 0.6 is 11.8 Å². The topological polar surface area (TPSA) is 101 Å². The Kier molecular flexibility index (Phi) is 7.02. The average Bonchev–Trinajstić information content (AvgIpc) is 3.01. The van der Waals surface area contributed by atoms with Gasteiger partial charge in [-0.2, -0.15) is 0 Å². The first kappa shape index (κ1) is 20.2. The second-order valence-electron chi connectivity index (χ2n) is 6.86. The first-order valence-corrected chi connectivity index (χ1v) is 9.72. The van der Waals surface area contributed by atoms with Crippen molar-refractivity contribution in [2.45, 2.75) is 50.5 Å². The van der Waals surface area contributed by atoms with Crippen LogP contribution in [0.3, 0.4) is 0 Å². The number of carboxylic acids is 1. The number of likely N-dealkylation sites (tertiary alicyclic amines) is 1. The molecule has 0 saturated carbocycles. The van der Waals surface area contributed by atoms with E-state index in [0.29, 0.717) is 23.8 Å². The Bertz CT molecular complexity index is 692. The van der Waals surface area contributed by atoms with Gasteiger partial charge < -0.3 is 10.0 Å². The molecule has 1 aromatic rings. The van der Waals surface area contributed by atoms with Crippen molar-refractivity contribution in [3.05, 3.63) is 33.9 Å². The summed E-state index contributed by atoms with van der Waals surface area (Å²) >= 11 is 1.42. The largest absolute Gasteiger partial charge is 0.481 e. The summed E-state index contributed by atoms with van der Waals surface area (Å²) in [6.45, 7) is 4.68. The van der Waals surface area contributed by atoms with Crippen molar-refractivity contribution in [2.75, 3.05) is 12.3 Å². The van der Waals surface area contributed by atoms with Crippen LogP contribution in [0.4, 0.5) is 5.69 Å². The van der Waals surface area contributed by atoms with Gasteiger partial charge in [0.05, 0.1) is 16.2 Å². The number of carbonyl (C=O) groups is 2. The maximum atomic E-state index is 12.7. The number of hydrogen-bond donors (Lipinski definition) is 1. The van der Waals surface area contributed by atoms with Crippen molar-refractivity contribution in [1.82, 2.24) is 4.90 Å². The number of nitrogens with zero attached hydrogens (tertiary/aromatic N) is 2. The maximum absolute atomic E-state index is 12.7. The fraction of sp³-hybridized carbons (Fsp3) is 0.556. The molecule has 1 saturated heterocycles. The molecule has 1 heterocycles. The highest BCUT2D eigenvalue weighted by atomic mass is 32.2. The molecule has 8 heteroatoms. The molecule has 142 valence electrons. The summed E-state index contributed by atoms with van der Waals surface area (Å²) < 4.78 is 0. The molecule has 1 fully saturated rings. The lowest BCUT2D eigenvalue weighted by atomic mass is 10.1. The fourth-order valence-corrected chi connectivity index (χ4v) is 4.26. The average molecular weight is 380 g/mol. The van der Waals surface area contributed by atoms with E-state index in [9.17, 15) is 19.7 Å². The van der Waals surface area contributed by atoms with E-state index in [1.807, 2.05) is 0 Å². The number of nitro benzene ring substituents is 1. The molecule has 0 aliphatic carbocycles. The number of rotatable bonds is 8. The third kappa shape index (κ3) is 5.20. The predicted molar refractivity (Wildman–Crippen MR) is 99.6 cm³/mol. The van der Waals surface area contributed by atoms with Crippen molar-refractivity contribution in [3.8, 4) is 0 Å². The van der Waals surface area contributed by atoms with Gasteiger partial charge in [-0.25, -0.2) is 0 Å². The standard InChI is InChI=1S/C18H24N2O5S/c1-12(2)7-9-26-16-6-5-13(10-15(16)20(24)25)18(23)19-8-3-4-14(19)11-17(21)22/h5-6,10,12,14H,3-4,7-9,11H2,1-2H3,(H,21,22). The summed E-state index contributed by atoms with van der Waals surface area (Å²) in [4.78, 5) is 36.7. The van der Waals surface area contributed by atoms with Crippen LogP contribution in [0.25, 0.3) is 0 Å². The zero-order valence-corrected chi connectivity index (χ0v) is 15.8. The van der Waals surface area contributed by atoms with Gasteiger partial charge in [0, 0.05) is 24.2 Å². The van der Waals surface area contributed by atoms with E-state index in [4.69, 9.17) is 5.11 Å². The lowest BCUT2D eigenvalue weighted by Gasteiger charge is -2.23. The van der Waals surface area contributed by atoms with Crippen LogP contribution in [0.2, 0.25) is 0 Å². The summed E-state index contributed by atoms with van der Waals surface area (Å²) in [5.41, 5.74) is 0.167. The van der Waals surface area contributed by atoms with Crippen molar-refractivity contribution >= 4 is 29.3 Å². The molecule has 1 aliphatic heterocycles. The molecular formula is C18H24N2O5S. The molecule has 0 radical (unpaired) electrons. The third-order valence-corrected chi connectivity index (χ3v) is 5.50. The van der Waals surface area contributed by atoms with Crippen LogP contribution in [-0.4, -0.2) is 45.1 Å². The van der Waals surface area contributed by atoms with Gasteiger partial charge in [0.25, 0.3) is 11.6 Å². The fourth-order valence-electron chi connectivity index (χ4n) is 3.00. The summed E-state index contributed by atoms with van der Waals surface area (Å²) in [7, 11) is 0. The highest BCUT2D eigenvalue weighted by Crippen LogP contribution is 2.32. The molecule has 1 unspecified atom stereocenters. The second-order valence-corrected chi connectivity index (χ2v) is 8.00. The smallest absolute Gasteiger partial charge is 0.305 e. The van der Waals surface area contributed by atoms with Gasteiger partial charge in [-0.3, -0.25) is 19.7 Å². The molecule has 7 nitrogen and oxygen atoms in total. The zero-order chi connectivity index (χ0) is 19.3. The van der Waals surface area contributed by atoms with Crippen LogP contribution in [0.15, 0.2) is 23.1 Å². The molecule has 0 spiro atoms. The number of benzene rings is 1. The second kappa shape index (κ2) is 9.02. The van der Waals surface area contributed by atoms with Gasteiger partial charge in [0.15, 0.2) is 0 Å². The molecule has 0 aromatic heterocycles. The summed E-state index contributed by atoms with van der Waals surface area (Å²) in [5, 5.41) is 20.4. The number of hydrogen-bond acceptors (Lipinski definition) is 5. The SMILES string of the molecule is CC(C)CCSc1ccc(C(=O)N2CCCC2CC(=O)O)cc1[N+](=O)[O-]. The van der Waals surface area contributed by atoms with Gasteiger partial charge in [0.2, 0.25) is 0 Å². The number of amides is 1. The molecule has 26 heavy (non-hydrogen) atoms. The highest BCUT2D eigenvalue weighted by molar-refractivity contribution is 7.99. The van der Waals surface area contributed by atoms with E-state index in [2.05, 4.69) is 13.8 Å². The Morgan fingerprint density at radius 2 is 2.15 bits per heavy atom. The van der Waals surface area contributed by atoms with Crippen LogP contribution in [0, 0.1) is 16.0 Å². The van der Waals surface area contributed by atoms with Crippen LogP contribution in [-0.2, 0) is 4.79 Å². The third-order valence-electron chi connectivity index (χ3n) is 4.40. The number of aliphatic carboxylic acids is 1. The van der Waals surface area contributed by atoms with E-state index < -0.39 is 10.9 Å². The molecule has 1 atom stereocenters.